The van der Waals surface area contributed by atoms with Crippen LogP contribution in [0.5, 0.6) is 0 Å². The molecule has 0 radical (unpaired) electrons. The number of halogens is 2. The molecule has 0 unspecified atom stereocenters. The molecule has 140 valence electrons. The molecule has 0 spiro atoms. The summed E-state index contributed by atoms with van der Waals surface area (Å²) < 4.78 is 15.6. The fourth-order valence-corrected chi connectivity index (χ4v) is 3.35. The van der Waals surface area contributed by atoms with Crippen LogP contribution in [0, 0.1) is 0 Å². The third-order valence-electron chi connectivity index (χ3n) is 3.76. The molecule has 2 rings (SSSR count). The van der Waals surface area contributed by atoms with E-state index in [1.807, 2.05) is 0 Å². The lowest BCUT2D eigenvalue weighted by atomic mass is 9.82. The molecule has 0 amide bonds. The van der Waals surface area contributed by atoms with Gasteiger partial charge in [-0.2, -0.15) is 0 Å². The summed E-state index contributed by atoms with van der Waals surface area (Å²) in [4.78, 5) is 25.1. The molecule has 0 aromatic heterocycles. The van der Waals surface area contributed by atoms with Gasteiger partial charge < -0.3 is 19.9 Å². The lowest BCUT2D eigenvalue weighted by Gasteiger charge is -2.29. The zero-order chi connectivity index (χ0) is 19.4. The van der Waals surface area contributed by atoms with Crippen LogP contribution < -0.4 is 5.73 Å². The van der Waals surface area contributed by atoms with E-state index in [2.05, 4.69) is 0 Å². The van der Waals surface area contributed by atoms with Gasteiger partial charge in [0.05, 0.1) is 24.7 Å². The van der Waals surface area contributed by atoms with Crippen LogP contribution in [0.15, 0.2) is 41.0 Å². The number of carbonyl (C=O) groups excluding carboxylic acids is 2. The van der Waals surface area contributed by atoms with Gasteiger partial charge >= 0.3 is 11.9 Å². The number of allylic oxidation sites excluding steroid dienone is 1. The van der Waals surface area contributed by atoms with E-state index < -0.39 is 17.9 Å². The molecular formula is C18H19Cl2NO5. The fourth-order valence-electron chi connectivity index (χ4n) is 2.74. The van der Waals surface area contributed by atoms with Gasteiger partial charge in [-0.15, -0.1) is 0 Å². The Morgan fingerprint density at radius 2 is 1.58 bits per heavy atom. The van der Waals surface area contributed by atoms with E-state index in [1.165, 1.54) is 0 Å². The van der Waals surface area contributed by atoms with Crippen molar-refractivity contribution in [1.82, 2.24) is 0 Å². The molecule has 2 N–H and O–H groups in total. The minimum atomic E-state index is -0.969. The number of esters is 2. The third kappa shape index (κ3) is 3.81. The van der Waals surface area contributed by atoms with E-state index in [9.17, 15) is 9.59 Å². The first-order valence-corrected chi connectivity index (χ1v) is 8.75. The van der Waals surface area contributed by atoms with E-state index in [0.29, 0.717) is 5.56 Å². The summed E-state index contributed by atoms with van der Waals surface area (Å²) in [5.41, 5.74) is 6.35. The maximum atomic E-state index is 12.6. The number of carbonyl (C=O) groups is 2. The van der Waals surface area contributed by atoms with Crippen molar-refractivity contribution >= 4 is 35.1 Å². The molecule has 1 aliphatic rings. The van der Waals surface area contributed by atoms with Crippen molar-refractivity contribution in [2.75, 3.05) is 13.2 Å². The topological polar surface area (TPSA) is 87.9 Å². The van der Waals surface area contributed by atoms with Gasteiger partial charge in [-0.25, -0.2) is 9.59 Å². The van der Waals surface area contributed by atoms with Crippen LogP contribution in [0.25, 0.3) is 0 Å². The van der Waals surface area contributed by atoms with E-state index >= 15 is 0 Å². The number of benzene rings is 1. The van der Waals surface area contributed by atoms with E-state index in [-0.39, 0.29) is 46.0 Å². The van der Waals surface area contributed by atoms with Crippen LogP contribution in [0.1, 0.15) is 32.3 Å². The summed E-state index contributed by atoms with van der Waals surface area (Å²) >= 11 is 12.7. The number of nitrogens with two attached hydrogens (primary N) is 1. The Morgan fingerprint density at radius 3 is 2.08 bits per heavy atom. The summed E-state index contributed by atoms with van der Waals surface area (Å²) in [6.45, 7) is 5.15. The summed E-state index contributed by atoms with van der Waals surface area (Å²) in [6.07, 6.45) is 0. The average molecular weight is 400 g/mol. The van der Waals surface area contributed by atoms with E-state index in [0.717, 1.165) is 0 Å². The first-order chi connectivity index (χ1) is 12.3. The SMILES string of the molecule is CCOC(=O)C1=C(C)OC(N)=C(C(=O)OCC)[C@@H]1c1c(Cl)cccc1Cl. The van der Waals surface area contributed by atoms with Gasteiger partial charge in [-0.05, 0) is 32.9 Å². The summed E-state index contributed by atoms with van der Waals surface area (Å²) in [5, 5.41) is 0.544. The molecule has 0 fully saturated rings. The zero-order valence-corrected chi connectivity index (χ0v) is 16.1. The van der Waals surface area contributed by atoms with Gasteiger partial charge in [0, 0.05) is 15.6 Å². The van der Waals surface area contributed by atoms with Gasteiger partial charge in [-0.3, -0.25) is 0 Å². The molecule has 6 nitrogen and oxygen atoms in total. The van der Waals surface area contributed by atoms with E-state index in [1.54, 1.807) is 39.0 Å². The molecule has 1 aliphatic heterocycles. The smallest absolute Gasteiger partial charge is 0.340 e. The monoisotopic (exact) mass is 399 g/mol. The van der Waals surface area contributed by atoms with Crippen molar-refractivity contribution in [3.8, 4) is 0 Å². The highest BCUT2D eigenvalue weighted by Crippen LogP contribution is 2.45. The number of ether oxygens (including phenoxy) is 3. The molecule has 1 heterocycles. The maximum Gasteiger partial charge on any atom is 0.340 e. The van der Waals surface area contributed by atoms with Crippen molar-refractivity contribution in [3.63, 3.8) is 0 Å². The summed E-state index contributed by atoms with van der Waals surface area (Å²) in [6, 6.07) is 4.87. The Morgan fingerprint density at radius 1 is 1.08 bits per heavy atom. The molecule has 0 bridgehead atoms. The highest BCUT2D eigenvalue weighted by molar-refractivity contribution is 6.36. The Balaban J connectivity index is 2.74. The normalized spacial score (nSPS) is 17.0. The van der Waals surface area contributed by atoms with Crippen molar-refractivity contribution < 1.29 is 23.8 Å². The molecule has 1 aromatic carbocycles. The Bertz CT molecular complexity index is 741. The van der Waals surface area contributed by atoms with Crippen molar-refractivity contribution in [1.29, 1.82) is 0 Å². The summed E-state index contributed by atoms with van der Waals surface area (Å²) in [7, 11) is 0. The zero-order valence-electron chi connectivity index (χ0n) is 14.6. The van der Waals surface area contributed by atoms with Gasteiger partial charge in [0.25, 0.3) is 0 Å². The van der Waals surface area contributed by atoms with Crippen LogP contribution >= 0.6 is 23.2 Å². The number of hydrogen-bond donors (Lipinski definition) is 1. The predicted octanol–water partition coefficient (Wildman–Crippen LogP) is 3.68. The third-order valence-corrected chi connectivity index (χ3v) is 4.42. The Labute approximate surface area is 161 Å². The quantitative estimate of drug-likeness (QED) is 0.759. The lowest BCUT2D eigenvalue weighted by Crippen LogP contribution is -2.30. The number of rotatable bonds is 5. The van der Waals surface area contributed by atoms with Crippen molar-refractivity contribution in [2.24, 2.45) is 5.73 Å². The molecule has 0 saturated carbocycles. The highest BCUT2D eigenvalue weighted by atomic mass is 35.5. The van der Waals surface area contributed by atoms with Gasteiger partial charge in [-0.1, -0.05) is 29.3 Å². The minimum absolute atomic E-state index is 0.0458. The van der Waals surface area contributed by atoms with Gasteiger partial charge in [0.15, 0.2) is 0 Å². The Kier molecular flexibility index (Phi) is 6.56. The van der Waals surface area contributed by atoms with E-state index in [4.69, 9.17) is 43.1 Å². The van der Waals surface area contributed by atoms with Crippen LogP contribution in [0.4, 0.5) is 0 Å². The van der Waals surface area contributed by atoms with Crippen LogP contribution in [-0.4, -0.2) is 25.2 Å². The van der Waals surface area contributed by atoms with Gasteiger partial charge in [0.1, 0.15) is 11.3 Å². The summed E-state index contributed by atoms with van der Waals surface area (Å²) in [5.74, 6) is -2.31. The average Bonchev–Trinajstić information content (AvgIpc) is 2.54. The largest absolute Gasteiger partial charge is 0.463 e. The predicted molar refractivity (Wildman–Crippen MR) is 97.5 cm³/mol. The minimum Gasteiger partial charge on any atom is -0.463 e. The second kappa shape index (κ2) is 8.47. The Hall–Kier alpha value is -2.18. The van der Waals surface area contributed by atoms with Crippen LogP contribution in [-0.2, 0) is 23.8 Å². The van der Waals surface area contributed by atoms with Crippen LogP contribution in [0.2, 0.25) is 10.0 Å². The highest BCUT2D eigenvalue weighted by Gasteiger charge is 2.41. The second-order valence-electron chi connectivity index (χ2n) is 5.36. The first-order valence-electron chi connectivity index (χ1n) is 7.99. The second-order valence-corrected chi connectivity index (χ2v) is 6.17. The molecule has 1 aromatic rings. The van der Waals surface area contributed by atoms with Crippen molar-refractivity contribution in [2.45, 2.75) is 26.7 Å². The number of hydrogen-bond acceptors (Lipinski definition) is 6. The molecule has 0 aliphatic carbocycles. The van der Waals surface area contributed by atoms with Crippen molar-refractivity contribution in [3.05, 3.63) is 56.6 Å². The maximum absolute atomic E-state index is 12.6. The molecule has 1 atom stereocenters. The first kappa shape index (κ1) is 20.1. The molecule has 26 heavy (non-hydrogen) atoms. The molecular weight excluding hydrogens is 381 g/mol. The molecule has 8 heteroatoms. The fraction of sp³-hybridized carbons (Fsp3) is 0.333. The standard InChI is InChI=1S/C18H19Cl2NO5/c1-4-24-17(22)12-9(3)26-16(21)15(18(23)25-5-2)14(12)13-10(19)7-6-8-11(13)20/h6-8,14H,4-5,21H2,1-3H3/t14-/m0/s1. The van der Waals surface area contributed by atoms with Crippen LogP contribution in [0.3, 0.4) is 0 Å². The molecule has 0 saturated heterocycles. The van der Waals surface area contributed by atoms with Gasteiger partial charge in [0.2, 0.25) is 5.88 Å². The lowest BCUT2D eigenvalue weighted by molar-refractivity contribution is -0.140.